The van der Waals surface area contributed by atoms with Crippen LogP contribution in [0.1, 0.15) is 75.1 Å². The molecule has 0 radical (unpaired) electrons. The maximum absolute atomic E-state index is 16.2. The second kappa shape index (κ2) is 14.3. The van der Waals surface area contributed by atoms with E-state index in [1.807, 2.05) is 20.8 Å². The summed E-state index contributed by atoms with van der Waals surface area (Å²) in [6.45, 7) is 8.12. The number of halogens is 5. The van der Waals surface area contributed by atoms with Gasteiger partial charge in [0.1, 0.15) is 12.9 Å². The Bertz CT molecular complexity index is 1900. The summed E-state index contributed by atoms with van der Waals surface area (Å²) >= 11 is 9.96. The maximum atomic E-state index is 16.2. The number of nitrogens with zero attached hydrogens (tertiary/aromatic N) is 6. The van der Waals surface area contributed by atoms with Gasteiger partial charge in [0, 0.05) is 28.2 Å². The lowest BCUT2D eigenvalue weighted by molar-refractivity contribution is 0.0402. The van der Waals surface area contributed by atoms with Gasteiger partial charge in [0.25, 0.3) is 18.6 Å². The Morgan fingerprint density at radius 1 is 1.08 bits per heavy atom. The van der Waals surface area contributed by atoms with Crippen molar-refractivity contribution in [3.63, 3.8) is 0 Å². The lowest BCUT2D eigenvalue weighted by atomic mass is 9.92. The number of carbonyl (C=O) groups is 2. The molecular formula is C33H35BrClF3N8O3. The number of benzene rings is 2. The number of rotatable bonds is 7. The number of hydrogen-bond donors (Lipinski definition) is 2. The van der Waals surface area contributed by atoms with Crippen LogP contribution >= 0.6 is 27.5 Å². The Kier molecular flexibility index (Phi) is 10.5. The van der Waals surface area contributed by atoms with Crippen molar-refractivity contribution in [1.29, 1.82) is 0 Å². The SMILES string of the molecule is CC(C)(C)CCN/C1=N\C(F)c2ncnn2-c2cc(ccc2Cl)[C@@H](COC(=O)NC(C)(C)C(F)F)N1C(=O)c1ccc2ncc(Br)cc2c1. The van der Waals surface area contributed by atoms with E-state index < -0.39 is 42.9 Å². The van der Waals surface area contributed by atoms with Crippen LogP contribution in [0.3, 0.4) is 0 Å². The van der Waals surface area contributed by atoms with E-state index in [-0.39, 0.29) is 40.0 Å². The number of guanidine groups is 1. The van der Waals surface area contributed by atoms with Crippen LogP contribution < -0.4 is 10.6 Å². The standard InChI is InChI=1S/C33H35BrClF3N8O3/c1-32(2,3)10-11-39-30-43-26(36)27-41-17-42-46(27)24-14-18(6-8-22(24)35)25(16-49-31(48)44-33(4,5)29(37)38)45(30)28(47)19-7-9-23-20(12-19)13-21(34)15-40-23/h6-9,12-15,17,25-26,29H,10-11,16H2,1-5H3,(H,39,43)(H,44,48)/t25-,26?/m1/s1. The number of carbonyl (C=O) groups excluding carboxylic acids is 2. The molecule has 2 aromatic carbocycles. The smallest absolute Gasteiger partial charge is 0.407 e. The van der Waals surface area contributed by atoms with E-state index in [9.17, 15) is 18.4 Å². The minimum Gasteiger partial charge on any atom is -0.447 e. The Labute approximate surface area is 294 Å². The van der Waals surface area contributed by atoms with Gasteiger partial charge in [-0.2, -0.15) is 5.10 Å². The van der Waals surface area contributed by atoms with Crippen LogP contribution in [0.5, 0.6) is 0 Å². The van der Waals surface area contributed by atoms with E-state index in [1.165, 1.54) is 15.6 Å². The molecule has 4 aromatic rings. The van der Waals surface area contributed by atoms with Crippen LogP contribution in [0.15, 0.2) is 64.5 Å². The lowest BCUT2D eigenvalue weighted by Gasteiger charge is -2.35. The van der Waals surface area contributed by atoms with E-state index in [0.717, 1.165) is 20.2 Å². The maximum Gasteiger partial charge on any atom is 0.407 e. The lowest BCUT2D eigenvalue weighted by Crippen LogP contribution is -2.51. The fourth-order valence-electron chi connectivity index (χ4n) is 5.00. The minimum absolute atomic E-state index is 0.143. The zero-order valence-corrected chi connectivity index (χ0v) is 29.7. The average Bonchev–Trinajstić information content (AvgIpc) is 3.51. The van der Waals surface area contributed by atoms with Crippen LogP contribution in [0.4, 0.5) is 18.0 Å². The predicted octanol–water partition coefficient (Wildman–Crippen LogP) is 7.55. The van der Waals surface area contributed by atoms with E-state index in [0.29, 0.717) is 27.4 Å². The Balaban J connectivity index is 1.68. The van der Waals surface area contributed by atoms with Crippen molar-refractivity contribution >= 4 is 56.4 Å². The van der Waals surface area contributed by atoms with Crippen LogP contribution in [0.2, 0.25) is 5.02 Å². The minimum atomic E-state index is -2.89. The molecule has 1 aliphatic heterocycles. The largest absolute Gasteiger partial charge is 0.447 e. The molecular weight excluding hydrogens is 729 g/mol. The fraction of sp³-hybridized carbons (Fsp3) is 0.394. The number of alkyl halides is 3. The summed E-state index contributed by atoms with van der Waals surface area (Å²) in [5.74, 6) is -0.993. The molecule has 11 nitrogen and oxygen atoms in total. The zero-order valence-electron chi connectivity index (χ0n) is 27.3. The molecule has 2 aromatic heterocycles. The molecule has 5 rings (SSSR count). The number of amides is 2. The molecule has 3 heterocycles. The van der Waals surface area contributed by atoms with Gasteiger partial charge in [-0.25, -0.2) is 32.6 Å². The Morgan fingerprint density at radius 3 is 2.55 bits per heavy atom. The van der Waals surface area contributed by atoms with E-state index in [1.54, 1.807) is 42.6 Å². The number of ether oxygens (including phenoxy) is 1. The van der Waals surface area contributed by atoms with Gasteiger partial charge < -0.3 is 15.4 Å². The van der Waals surface area contributed by atoms with Crippen molar-refractivity contribution < 1.29 is 27.5 Å². The highest BCUT2D eigenvalue weighted by Crippen LogP contribution is 2.34. The molecule has 0 fully saturated rings. The average molecular weight is 764 g/mol. The molecule has 0 saturated carbocycles. The van der Waals surface area contributed by atoms with Gasteiger partial charge >= 0.3 is 6.09 Å². The highest BCUT2D eigenvalue weighted by atomic mass is 79.9. The number of hydrogen-bond acceptors (Lipinski definition) is 8. The normalized spacial score (nSPS) is 17.7. The first-order chi connectivity index (χ1) is 23.0. The molecule has 1 aliphatic rings. The number of aromatic nitrogens is 4. The topological polar surface area (TPSA) is 127 Å². The third kappa shape index (κ3) is 8.32. The Hall–Kier alpha value is -4.24. The van der Waals surface area contributed by atoms with E-state index in [2.05, 4.69) is 46.6 Å². The van der Waals surface area contributed by atoms with Gasteiger partial charge in [-0.1, -0.05) is 38.4 Å². The van der Waals surface area contributed by atoms with Crippen molar-refractivity contribution in [3.05, 3.63) is 81.4 Å². The first kappa shape index (κ1) is 36.1. The van der Waals surface area contributed by atoms with Gasteiger partial charge in [-0.3, -0.25) is 14.7 Å². The fourth-order valence-corrected chi connectivity index (χ4v) is 5.54. The second-order valence-electron chi connectivity index (χ2n) is 13.3. The zero-order chi connectivity index (χ0) is 35.7. The number of alkyl carbamates (subject to hydrolysis) is 1. The van der Waals surface area contributed by atoms with Gasteiger partial charge in [-0.15, -0.1) is 0 Å². The molecule has 2 N–H and O–H groups in total. The molecule has 2 bridgehead atoms. The number of fused-ring (bicyclic) bond motifs is 5. The summed E-state index contributed by atoms with van der Waals surface area (Å²) in [7, 11) is 0. The van der Waals surface area contributed by atoms with Crippen LogP contribution in [-0.4, -0.2) is 67.7 Å². The predicted molar refractivity (Wildman–Crippen MR) is 183 cm³/mol. The number of nitrogens with one attached hydrogen (secondary N) is 2. The first-order valence-corrected chi connectivity index (χ1v) is 16.5. The third-order valence-electron chi connectivity index (χ3n) is 7.76. The molecule has 0 saturated heterocycles. The molecule has 49 heavy (non-hydrogen) atoms. The van der Waals surface area contributed by atoms with Crippen molar-refractivity contribution in [1.82, 2.24) is 35.3 Å². The van der Waals surface area contributed by atoms with E-state index >= 15 is 4.39 Å². The molecule has 16 heteroatoms. The Morgan fingerprint density at radius 2 is 1.84 bits per heavy atom. The summed E-state index contributed by atoms with van der Waals surface area (Å²) in [4.78, 5) is 41.6. The van der Waals surface area contributed by atoms with Crippen LogP contribution in [0.25, 0.3) is 16.6 Å². The second-order valence-corrected chi connectivity index (χ2v) is 14.6. The molecule has 2 atom stereocenters. The van der Waals surface area contributed by atoms with E-state index in [4.69, 9.17) is 16.3 Å². The summed E-state index contributed by atoms with van der Waals surface area (Å²) < 4.78 is 50.8. The van der Waals surface area contributed by atoms with Crippen molar-refractivity contribution in [2.45, 2.75) is 65.3 Å². The summed E-state index contributed by atoms with van der Waals surface area (Å²) in [5, 5.41) is 10.3. The van der Waals surface area contributed by atoms with Gasteiger partial charge in [-0.05, 0) is 83.6 Å². The molecule has 1 unspecified atom stereocenters. The number of aliphatic imine (C=N–C) groups is 1. The molecule has 0 aliphatic carbocycles. The first-order valence-electron chi connectivity index (χ1n) is 15.3. The van der Waals surface area contributed by atoms with Gasteiger partial charge in [0.05, 0.1) is 27.8 Å². The summed E-state index contributed by atoms with van der Waals surface area (Å²) in [5.41, 5.74) is -0.609. The van der Waals surface area contributed by atoms with Crippen molar-refractivity contribution in [2.75, 3.05) is 13.2 Å². The monoisotopic (exact) mass is 762 g/mol. The highest BCUT2D eigenvalue weighted by molar-refractivity contribution is 9.10. The summed E-state index contributed by atoms with van der Waals surface area (Å²) in [6.07, 6.45) is -2.77. The summed E-state index contributed by atoms with van der Waals surface area (Å²) in [6, 6.07) is 10.2. The quantitative estimate of drug-likeness (QED) is 0.186. The van der Waals surface area contributed by atoms with Crippen LogP contribution in [-0.2, 0) is 4.74 Å². The van der Waals surface area contributed by atoms with Gasteiger partial charge in [0.2, 0.25) is 5.96 Å². The molecule has 0 spiro atoms. The third-order valence-corrected chi connectivity index (χ3v) is 8.51. The molecule has 260 valence electrons. The van der Waals surface area contributed by atoms with Crippen molar-refractivity contribution in [3.8, 4) is 5.69 Å². The highest BCUT2D eigenvalue weighted by Gasteiger charge is 2.37. The number of pyridine rings is 1. The van der Waals surface area contributed by atoms with Crippen molar-refractivity contribution in [2.24, 2.45) is 10.4 Å². The van der Waals surface area contributed by atoms with Gasteiger partial charge in [0.15, 0.2) is 5.82 Å². The molecule has 2 amide bonds. The van der Waals surface area contributed by atoms with Crippen LogP contribution in [0, 0.1) is 5.41 Å².